The fourth-order valence-corrected chi connectivity index (χ4v) is 4.07. The molecular weight excluding hydrogens is 488 g/mol. The average Bonchev–Trinajstić information content (AvgIpc) is 2.81. The zero-order valence-electron chi connectivity index (χ0n) is 17.4. The van der Waals surface area contributed by atoms with Crippen LogP contribution in [0.5, 0.6) is 5.75 Å². The summed E-state index contributed by atoms with van der Waals surface area (Å²) in [5.74, 6) is 0.105. The van der Waals surface area contributed by atoms with E-state index in [2.05, 4.69) is 33.4 Å². The Morgan fingerprint density at radius 2 is 1.72 bits per heavy atom. The van der Waals surface area contributed by atoms with Gasteiger partial charge in [-0.2, -0.15) is 5.26 Å². The summed E-state index contributed by atoms with van der Waals surface area (Å²) in [6.45, 7) is 0.868. The SMILES string of the molecule is N#C/C(=C/c1cc(Cl)c(OCc2ccccc2)c(Br)c1)C(=O)NCCCc1ccccc1. The molecule has 0 radical (unpaired) electrons. The fourth-order valence-electron chi connectivity index (χ4n) is 3.08. The van der Waals surface area contributed by atoms with E-state index in [1.165, 1.54) is 11.6 Å². The number of carbonyl (C=O) groups excluding carboxylic acids is 1. The van der Waals surface area contributed by atoms with Crippen LogP contribution in [0, 0.1) is 11.3 Å². The topological polar surface area (TPSA) is 62.1 Å². The second-order valence-electron chi connectivity index (χ2n) is 7.10. The second kappa shape index (κ2) is 12.1. The van der Waals surface area contributed by atoms with E-state index in [0.29, 0.717) is 34.0 Å². The number of hydrogen-bond acceptors (Lipinski definition) is 3. The van der Waals surface area contributed by atoms with Crippen molar-refractivity contribution in [2.24, 2.45) is 0 Å². The zero-order valence-corrected chi connectivity index (χ0v) is 19.7. The molecule has 32 heavy (non-hydrogen) atoms. The zero-order chi connectivity index (χ0) is 22.8. The highest BCUT2D eigenvalue weighted by Crippen LogP contribution is 2.35. The third kappa shape index (κ3) is 6.98. The van der Waals surface area contributed by atoms with Gasteiger partial charge in [-0.05, 0) is 63.7 Å². The van der Waals surface area contributed by atoms with E-state index in [0.717, 1.165) is 18.4 Å². The Morgan fingerprint density at radius 1 is 1.06 bits per heavy atom. The van der Waals surface area contributed by atoms with E-state index in [4.69, 9.17) is 16.3 Å². The molecule has 0 aromatic heterocycles. The van der Waals surface area contributed by atoms with E-state index in [1.54, 1.807) is 12.1 Å². The van der Waals surface area contributed by atoms with Gasteiger partial charge in [-0.3, -0.25) is 4.79 Å². The van der Waals surface area contributed by atoms with Crippen molar-refractivity contribution in [3.8, 4) is 11.8 Å². The first-order valence-corrected chi connectivity index (χ1v) is 11.3. The molecule has 1 N–H and O–H groups in total. The largest absolute Gasteiger partial charge is 0.486 e. The minimum Gasteiger partial charge on any atom is -0.486 e. The third-order valence-electron chi connectivity index (χ3n) is 4.69. The Morgan fingerprint density at radius 3 is 2.34 bits per heavy atom. The van der Waals surface area contributed by atoms with Gasteiger partial charge in [0.05, 0.1) is 9.50 Å². The predicted molar refractivity (Wildman–Crippen MR) is 131 cm³/mol. The molecule has 0 aliphatic carbocycles. The lowest BCUT2D eigenvalue weighted by atomic mass is 10.1. The van der Waals surface area contributed by atoms with Gasteiger partial charge in [-0.1, -0.05) is 72.3 Å². The molecule has 0 unspecified atom stereocenters. The Balaban J connectivity index is 1.60. The molecule has 0 aliphatic heterocycles. The van der Waals surface area contributed by atoms with Gasteiger partial charge in [0.2, 0.25) is 0 Å². The van der Waals surface area contributed by atoms with Crippen molar-refractivity contribution in [1.82, 2.24) is 5.32 Å². The molecule has 3 aromatic rings. The molecule has 0 heterocycles. The molecule has 0 aliphatic rings. The number of ether oxygens (including phenoxy) is 1. The van der Waals surface area contributed by atoms with Gasteiger partial charge in [0.25, 0.3) is 5.91 Å². The Kier molecular flexibility index (Phi) is 8.91. The first-order valence-electron chi connectivity index (χ1n) is 10.2. The quantitative estimate of drug-likeness (QED) is 0.208. The summed E-state index contributed by atoms with van der Waals surface area (Å²) in [4.78, 5) is 12.4. The van der Waals surface area contributed by atoms with Crippen molar-refractivity contribution in [3.05, 3.63) is 105 Å². The molecule has 6 heteroatoms. The standard InChI is InChI=1S/C26H22BrClN2O2/c27-23-15-21(16-24(28)25(23)32-18-20-10-5-2-6-11-20)14-22(17-29)26(31)30-13-7-12-19-8-3-1-4-9-19/h1-6,8-11,14-16H,7,12-13,18H2,(H,30,31)/b22-14-. The molecule has 3 aromatic carbocycles. The van der Waals surface area contributed by atoms with Crippen LogP contribution in [0.1, 0.15) is 23.1 Å². The lowest BCUT2D eigenvalue weighted by molar-refractivity contribution is -0.117. The predicted octanol–water partition coefficient (Wildman–Crippen LogP) is 6.34. The van der Waals surface area contributed by atoms with Crippen molar-refractivity contribution in [2.75, 3.05) is 6.54 Å². The molecular formula is C26H22BrClN2O2. The summed E-state index contributed by atoms with van der Waals surface area (Å²) in [5, 5.41) is 12.6. The molecule has 0 atom stereocenters. The Bertz CT molecular complexity index is 1100. The van der Waals surface area contributed by atoms with Gasteiger partial charge < -0.3 is 10.1 Å². The summed E-state index contributed by atoms with van der Waals surface area (Å²) >= 11 is 9.87. The minimum absolute atomic E-state index is 0.0191. The number of nitrogens with one attached hydrogen (secondary N) is 1. The molecule has 1 amide bonds. The van der Waals surface area contributed by atoms with E-state index in [1.807, 2.05) is 54.6 Å². The molecule has 3 rings (SSSR count). The van der Waals surface area contributed by atoms with Crippen LogP contribution < -0.4 is 10.1 Å². The molecule has 0 spiro atoms. The van der Waals surface area contributed by atoms with Gasteiger partial charge in [-0.25, -0.2) is 0 Å². The summed E-state index contributed by atoms with van der Waals surface area (Å²) in [5.41, 5.74) is 2.89. The Labute approximate surface area is 201 Å². The highest BCUT2D eigenvalue weighted by molar-refractivity contribution is 9.10. The summed E-state index contributed by atoms with van der Waals surface area (Å²) in [6, 6.07) is 25.2. The van der Waals surface area contributed by atoms with E-state index < -0.39 is 5.91 Å². The first-order chi connectivity index (χ1) is 15.6. The molecule has 0 saturated carbocycles. The van der Waals surface area contributed by atoms with Crippen LogP contribution in [0.15, 0.2) is 82.8 Å². The molecule has 4 nitrogen and oxygen atoms in total. The van der Waals surface area contributed by atoms with Crippen LogP contribution >= 0.6 is 27.5 Å². The number of hydrogen-bond donors (Lipinski definition) is 1. The average molecular weight is 510 g/mol. The van der Waals surface area contributed by atoms with Crippen LogP contribution in [-0.4, -0.2) is 12.5 Å². The van der Waals surface area contributed by atoms with Gasteiger partial charge in [0.15, 0.2) is 5.75 Å². The number of rotatable bonds is 9. The monoisotopic (exact) mass is 508 g/mol. The number of aryl methyl sites for hydroxylation is 1. The van der Waals surface area contributed by atoms with Crippen LogP contribution in [0.2, 0.25) is 5.02 Å². The van der Waals surface area contributed by atoms with Crippen molar-refractivity contribution in [3.63, 3.8) is 0 Å². The molecule has 0 fully saturated rings. The van der Waals surface area contributed by atoms with Crippen molar-refractivity contribution >= 4 is 39.5 Å². The number of halogens is 2. The van der Waals surface area contributed by atoms with Crippen LogP contribution in [0.25, 0.3) is 6.08 Å². The highest BCUT2D eigenvalue weighted by Gasteiger charge is 2.12. The van der Waals surface area contributed by atoms with Crippen LogP contribution in [0.4, 0.5) is 0 Å². The second-order valence-corrected chi connectivity index (χ2v) is 8.36. The summed E-state index contributed by atoms with van der Waals surface area (Å²) < 4.78 is 6.49. The summed E-state index contributed by atoms with van der Waals surface area (Å²) in [7, 11) is 0. The maximum atomic E-state index is 12.4. The van der Waals surface area contributed by atoms with E-state index >= 15 is 0 Å². The maximum absolute atomic E-state index is 12.4. The lowest BCUT2D eigenvalue weighted by Gasteiger charge is -2.11. The van der Waals surface area contributed by atoms with E-state index in [-0.39, 0.29) is 5.57 Å². The first kappa shape index (κ1) is 23.6. The molecule has 0 bridgehead atoms. The van der Waals surface area contributed by atoms with Crippen LogP contribution in [-0.2, 0) is 17.8 Å². The van der Waals surface area contributed by atoms with Gasteiger partial charge >= 0.3 is 0 Å². The number of nitrogens with zero attached hydrogens (tertiary/aromatic N) is 1. The fraction of sp³-hybridized carbons (Fsp3) is 0.154. The van der Waals surface area contributed by atoms with Crippen LogP contribution in [0.3, 0.4) is 0 Å². The summed E-state index contributed by atoms with van der Waals surface area (Å²) in [6.07, 6.45) is 3.17. The van der Waals surface area contributed by atoms with Gasteiger partial charge in [0.1, 0.15) is 18.2 Å². The number of carbonyl (C=O) groups is 1. The molecule has 0 saturated heterocycles. The smallest absolute Gasteiger partial charge is 0.261 e. The van der Waals surface area contributed by atoms with E-state index in [9.17, 15) is 10.1 Å². The minimum atomic E-state index is -0.405. The maximum Gasteiger partial charge on any atom is 0.261 e. The van der Waals surface area contributed by atoms with Gasteiger partial charge in [-0.15, -0.1) is 0 Å². The molecule has 162 valence electrons. The number of amides is 1. The Hall–Kier alpha value is -3.07. The number of nitriles is 1. The number of benzene rings is 3. The lowest BCUT2D eigenvalue weighted by Crippen LogP contribution is -2.25. The highest BCUT2D eigenvalue weighted by atomic mass is 79.9. The van der Waals surface area contributed by atoms with Gasteiger partial charge in [0, 0.05) is 6.54 Å². The van der Waals surface area contributed by atoms with Crippen molar-refractivity contribution < 1.29 is 9.53 Å². The normalized spacial score (nSPS) is 11.0. The third-order valence-corrected chi connectivity index (χ3v) is 5.56. The van der Waals surface area contributed by atoms with Crippen molar-refractivity contribution in [1.29, 1.82) is 5.26 Å². The van der Waals surface area contributed by atoms with Crippen molar-refractivity contribution in [2.45, 2.75) is 19.4 Å².